The normalized spacial score (nSPS) is 10.7. The average Bonchev–Trinajstić information content (AvgIpc) is 2.80. The zero-order valence-electron chi connectivity index (χ0n) is 17.3. The van der Waals surface area contributed by atoms with Crippen molar-refractivity contribution in [3.05, 3.63) is 83.9 Å². The number of benzene rings is 3. The number of ether oxygens (including phenoxy) is 3. The van der Waals surface area contributed by atoms with Gasteiger partial charge in [0.1, 0.15) is 17.4 Å². The van der Waals surface area contributed by atoms with Gasteiger partial charge in [0.15, 0.2) is 17.2 Å². The van der Waals surface area contributed by atoms with Crippen molar-refractivity contribution >= 4 is 17.7 Å². The fraction of sp³-hybridized carbons (Fsp3) is 0.120. The quantitative estimate of drug-likeness (QED) is 0.393. The molecule has 0 spiro atoms. The molecule has 0 aliphatic carbocycles. The lowest BCUT2D eigenvalue weighted by atomic mass is 10.1. The summed E-state index contributed by atoms with van der Waals surface area (Å²) >= 11 is 0. The molecule has 0 saturated heterocycles. The van der Waals surface area contributed by atoms with E-state index >= 15 is 0 Å². The summed E-state index contributed by atoms with van der Waals surface area (Å²) in [5.41, 5.74) is 1.05. The fourth-order valence-electron chi connectivity index (χ4n) is 2.83. The highest BCUT2D eigenvalue weighted by molar-refractivity contribution is 6.10. The molecule has 3 rings (SSSR count). The zero-order valence-corrected chi connectivity index (χ0v) is 17.3. The molecule has 0 aromatic heterocycles. The zero-order chi connectivity index (χ0) is 22.1. The number of nitriles is 1. The second-order valence-corrected chi connectivity index (χ2v) is 6.38. The second kappa shape index (κ2) is 10.5. The van der Waals surface area contributed by atoms with E-state index < -0.39 is 5.91 Å². The molecule has 0 bridgehead atoms. The van der Waals surface area contributed by atoms with Gasteiger partial charge in [-0.05, 0) is 55.0 Å². The number of amides is 1. The molecular formula is C25H22N2O4. The summed E-state index contributed by atoms with van der Waals surface area (Å²) in [5, 5.41) is 12.3. The molecule has 1 N–H and O–H groups in total. The van der Waals surface area contributed by atoms with Crippen molar-refractivity contribution in [2.75, 3.05) is 19.0 Å². The highest BCUT2D eigenvalue weighted by atomic mass is 16.5. The Kier molecular flexibility index (Phi) is 7.28. The SMILES string of the molecule is CCOc1cc(/C=C(\C#N)C(=O)Nc2ccccc2Oc2ccccc2)ccc1OC. The maximum Gasteiger partial charge on any atom is 0.266 e. The van der Waals surface area contributed by atoms with Crippen LogP contribution in [0.2, 0.25) is 0 Å². The highest BCUT2D eigenvalue weighted by Crippen LogP contribution is 2.31. The number of nitrogens with one attached hydrogen (secondary N) is 1. The lowest BCUT2D eigenvalue weighted by molar-refractivity contribution is -0.112. The smallest absolute Gasteiger partial charge is 0.266 e. The van der Waals surface area contributed by atoms with Gasteiger partial charge in [-0.3, -0.25) is 4.79 Å². The summed E-state index contributed by atoms with van der Waals surface area (Å²) in [6.45, 7) is 2.33. The van der Waals surface area contributed by atoms with Gasteiger partial charge in [0.05, 0.1) is 19.4 Å². The molecule has 0 heterocycles. The average molecular weight is 414 g/mol. The van der Waals surface area contributed by atoms with Crippen LogP contribution in [-0.4, -0.2) is 19.6 Å². The first-order chi connectivity index (χ1) is 15.1. The minimum atomic E-state index is -0.541. The number of anilines is 1. The van der Waals surface area contributed by atoms with Gasteiger partial charge in [-0.15, -0.1) is 0 Å². The Hall–Kier alpha value is -4.24. The molecule has 0 saturated carbocycles. The number of carbonyl (C=O) groups is 1. The third-order valence-corrected chi connectivity index (χ3v) is 4.27. The molecule has 0 atom stereocenters. The molecule has 3 aromatic rings. The Morgan fingerprint density at radius 3 is 2.45 bits per heavy atom. The van der Waals surface area contributed by atoms with E-state index in [1.807, 2.05) is 49.4 Å². The van der Waals surface area contributed by atoms with Gasteiger partial charge in [-0.1, -0.05) is 36.4 Å². The number of rotatable bonds is 8. The van der Waals surface area contributed by atoms with E-state index in [0.29, 0.717) is 40.9 Å². The number of methoxy groups -OCH3 is 1. The molecule has 0 fully saturated rings. The van der Waals surface area contributed by atoms with E-state index in [1.54, 1.807) is 43.5 Å². The number of para-hydroxylation sites is 3. The van der Waals surface area contributed by atoms with Gasteiger partial charge < -0.3 is 19.5 Å². The Balaban J connectivity index is 1.83. The van der Waals surface area contributed by atoms with Crippen molar-refractivity contribution in [3.63, 3.8) is 0 Å². The van der Waals surface area contributed by atoms with Crippen molar-refractivity contribution in [3.8, 4) is 29.1 Å². The van der Waals surface area contributed by atoms with E-state index in [4.69, 9.17) is 14.2 Å². The molecule has 1 amide bonds. The Morgan fingerprint density at radius 2 is 1.74 bits per heavy atom. The summed E-state index contributed by atoms with van der Waals surface area (Å²) in [5.74, 6) is 1.69. The third-order valence-electron chi connectivity index (χ3n) is 4.27. The van der Waals surface area contributed by atoms with Crippen LogP contribution in [0.1, 0.15) is 12.5 Å². The largest absolute Gasteiger partial charge is 0.493 e. The summed E-state index contributed by atoms with van der Waals surface area (Å²) in [6.07, 6.45) is 1.50. The van der Waals surface area contributed by atoms with Crippen molar-refractivity contribution in [2.24, 2.45) is 0 Å². The minimum Gasteiger partial charge on any atom is -0.493 e. The van der Waals surface area contributed by atoms with E-state index in [9.17, 15) is 10.1 Å². The lowest BCUT2D eigenvalue weighted by Gasteiger charge is -2.12. The standard InChI is InChI=1S/C25H22N2O4/c1-3-30-24-16-18(13-14-23(24)29-2)15-19(17-26)25(28)27-21-11-7-8-12-22(21)31-20-9-5-4-6-10-20/h4-16H,3H2,1-2H3,(H,27,28)/b19-15+. The van der Waals surface area contributed by atoms with Crippen LogP contribution in [0.5, 0.6) is 23.0 Å². The van der Waals surface area contributed by atoms with Crippen LogP contribution in [0.25, 0.3) is 6.08 Å². The molecule has 31 heavy (non-hydrogen) atoms. The van der Waals surface area contributed by atoms with Crippen LogP contribution in [0.4, 0.5) is 5.69 Å². The van der Waals surface area contributed by atoms with E-state index in [0.717, 1.165) is 0 Å². The van der Waals surface area contributed by atoms with Gasteiger partial charge in [-0.2, -0.15) is 5.26 Å². The van der Waals surface area contributed by atoms with Crippen molar-refractivity contribution in [1.82, 2.24) is 0 Å². The number of carbonyl (C=O) groups excluding carboxylic acids is 1. The van der Waals surface area contributed by atoms with Crippen LogP contribution in [0.3, 0.4) is 0 Å². The lowest BCUT2D eigenvalue weighted by Crippen LogP contribution is -2.14. The van der Waals surface area contributed by atoms with Crippen LogP contribution >= 0.6 is 0 Å². The van der Waals surface area contributed by atoms with Crippen molar-refractivity contribution in [2.45, 2.75) is 6.92 Å². The molecule has 3 aromatic carbocycles. The maximum atomic E-state index is 12.8. The Labute approximate surface area is 181 Å². The van der Waals surface area contributed by atoms with Gasteiger partial charge in [0, 0.05) is 0 Å². The van der Waals surface area contributed by atoms with Crippen LogP contribution < -0.4 is 19.5 Å². The first-order valence-electron chi connectivity index (χ1n) is 9.70. The van der Waals surface area contributed by atoms with Crippen molar-refractivity contribution < 1.29 is 19.0 Å². The Bertz CT molecular complexity index is 1120. The Morgan fingerprint density at radius 1 is 1.00 bits per heavy atom. The predicted octanol–water partition coefficient (Wildman–Crippen LogP) is 5.43. The fourth-order valence-corrected chi connectivity index (χ4v) is 2.83. The number of hydrogen-bond donors (Lipinski definition) is 1. The molecular weight excluding hydrogens is 392 g/mol. The first-order valence-corrected chi connectivity index (χ1v) is 9.70. The molecule has 156 valence electrons. The monoisotopic (exact) mass is 414 g/mol. The first kappa shape index (κ1) is 21.5. The van der Waals surface area contributed by atoms with Gasteiger partial charge in [0.25, 0.3) is 5.91 Å². The molecule has 0 aliphatic rings. The third kappa shape index (κ3) is 5.64. The molecule has 0 unspecified atom stereocenters. The molecule has 6 heteroatoms. The maximum absolute atomic E-state index is 12.8. The molecule has 0 radical (unpaired) electrons. The summed E-state index contributed by atoms with van der Waals surface area (Å²) in [6, 6.07) is 23.4. The molecule has 0 aliphatic heterocycles. The van der Waals surface area contributed by atoms with E-state index in [1.165, 1.54) is 6.08 Å². The number of nitrogens with zero attached hydrogens (tertiary/aromatic N) is 1. The predicted molar refractivity (Wildman–Crippen MR) is 119 cm³/mol. The topological polar surface area (TPSA) is 80.6 Å². The van der Waals surface area contributed by atoms with E-state index in [-0.39, 0.29) is 5.57 Å². The van der Waals surface area contributed by atoms with Crippen molar-refractivity contribution in [1.29, 1.82) is 5.26 Å². The number of hydrogen-bond acceptors (Lipinski definition) is 5. The summed E-state index contributed by atoms with van der Waals surface area (Å²) in [4.78, 5) is 12.8. The van der Waals surface area contributed by atoms with E-state index in [2.05, 4.69) is 5.32 Å². The summed E-state index contributed by atoms with van der Waals surface area (Å²) in [7, 11) is 1.55. The van der Waals surface area contributed by atoms with Gasteiger partial charge >= 0.3 is 0 Å². The highest BCUT2D eigenvalue weighted by Gasteiger charge is 2.14. The van der Waals surface area contributed by atoms with Crippen LogP contribution in [-0.2, 0) is 4.79 Å². The molecule has 6 nitrogen and oxygen atoms in total. The van der Waals surface area contributed by atoms with Gasteiger partial charge in [-0.25, -0.2) is 0 Å². The second-order valence-electron chi connectivity index (χ2n) is 6.38. The minimum absolute atomic E-state index is 0.0536. The van der Waals surface area contributed by atoms with Crippen LogP contribution in [0, 0.1) is 11.3 Å². The van der Waals surface area contributed by atoms with Gasteiger partial charge in [0.2, 0.25) is 0 Å². The summed E-state index contributed by atoms with van der Waals surface area (Å²) < 4.78 is 16.7. The van der Waals surface area contributed by atoms with Crippen LogP contribution in [0.15, 0.2) is 78.4 Å².